The number of aliphatic hydroxyl groups excluding tert-OH is 2. The summed E-state index contributed by atoms with van der Waals surface area (Å²) in [4.78, 5) is 22.6. The third kappa shape index (κ3) is 8.45. The molecular formula is C20H32O5. The van der Waals surface area contributed by atoms with Crippen molar-refractivity contribution in [3.8, 4) is 0 Å². The first-order valence-corrected chi connectivity index (χ1v) is 9.39. The van der Waals surface area contributed by atoms with Crippen molar-refractivity contribution in [1.29, 1.82) is 0 Å². The molecule has 0 aliphatic heterocycles. The van der Waals surface area contributed by atoms with Crippen LogP contribution in [0.25, 0.3) is 0 Å². The molecule has 0 heterocycles. The summed E-state index contributed by atoms with van der Waals surface area (Å²) in [5.74, 6) is -1.57. The number of hydrogen-bond acceptors (Lipinski definition) is 4. The number of ketones is 1. The highest BCUT2D eigenvalue weighted by molar-refractivity contribution is 5.84. The highest BCUT2D eigenvalue weighted by atomic mass is 16.4. The van der Waals surface area contributed by atoms with Crippen LogP contribution in [-0.4, -0.2) is 39.3 Å². The Morgan fingerprint density at radius 3 is 2.72 bits per heavy atom. The highest BCUT2D eigenvalue weighted by Crippen LogP contribution is 2.34. The van der Waals surface area contributed by atoms with Gasteiger partial charge in [0.15, 0.2) is 0 Å². The number of hydrogen-bond donors (Lipinski definition) is 3. The number of rotatable bonds is 12. The van der Waals surface area contributed by atoms with Gasteiger partial charge in [-0.3, -0.25) is 9.59 Å². The molecule has 0 aromatic carbocycles. The van der Waals surface area contributed by atoms with Crippen molar-refractivity contribution >= 4 is 11.8 Å². The van der Waals surface area contributed by atoms with Crippen LogP contribution in [0.5, 0.6) is 0 Å². The molecule has 5 nitrogen and oxygen atoms in total. The van der Waals surface area contributed by atoms with Crippen molar-refractivity contribution in [2.24, 2.45) is 11.8 Å². The number of aliphatic hydroxyl groups is 2. The van der Waals surface area contributed by atoms with Gasteiger partial charge in [-0.2, -0.15) is 0 Å². The third-order valence-electron chi connectivity index (χ3n) is 4.71. The standard InChI is InChI=1S/C20H32O5/c1-2-3-4-5-6-7-9-15(21)12-13-17-16(10-8-11-20(24)25)18(22)14-19(17)23/h6-7,12-13,15-17,19,21,23H,2-5,8-11,14H2,1H3,(H,24,25)/b7-6-,13-12+/t15-,16+,17+,19-/m1/s1. The van der Waals surface area contributed by atoms with Crippen LogP contribution in [0.2, 0.25) is 0 Å². The molecule has 0 radical (unpaired) electrons. The first-order chi connectivity index (χ1) is 12.0. The van der Waals surface area contributed by atoms with E-state index in [1.807, 2.05) is 6.08 Å². The quantitative estimate of drug-likeness (QED) is 0.370. The highest BCUT2D eigenvalue weighted by Gasteiger charge is 2.39. The molecule has 0 aromatic heterocycles. The van der Waals surface area contributed by atoms with Crippen LogP contribution in [0.1, 0.15) is 64.7 Å². The van der Waals surface area contributed by atoms with E-state index in [1.54, 1.807) is 12.2 Å². The zero-order valence-electron chi connectivity index (χ0n) is 15.1. The summed E-state index contributed by atoms with van der Waals surface area (Å²) in [6.45, 7) is 2.16. The molecule has 0 unspecified atom stereocenters. The lowest BCUT2D eigenvalue weighted by Crippen LogP contribution is -2.19. The van der Waals surface area contributed by atoms with Gasteiger partial charge in [0.2, 0.25) is 0 Å². The van der Waals surface area contributed by atoms with Crippen LogP contribution in [-0.2, 0) is 9.59 Å². The average Bonchev–Trinajstić information content (AvgIpc) is 2.82. The lowest BCUT2D eigenvalue weighted by Gasteiger charge is -2.17. The fourth-order valence-electron chi connectivity index (χ4n) is 3.27. The van der Waals surface area contributed by atoms with Crippen molar-refractivity contribution in [3.63, 3.8) is 0 Å². The summed E-state index contributed by atoms with van der Waals surface area (Å²) in [5, 5.41) is 28.8. The van der Waals surface area contributed by atoms with Gasteiger partial charge in [0.05, 0.1) is 12.2 Å². The Hall–Kier alpha value is -1.46. The summed E-state index contributed by atoms with van der Waals surface area (Å²) in [6.07, 6.45) is 12.2. The molecule has 0 amide bonds. The van der Waals surface area contributed by atoms with E-state index in [4.69, 9.17) is 5.11 Å². The fraction of sp³-hybridized carbons (Fsp3) is 0.700. The van der Waals surface area contributed by atoms with Gasteiger partial charge in [0, 0.05) is 24.7 Å². The van der Waals surface area contributed by atoms with E-state index in [-0.39, 0.29) is 30.5 Å². The Kier molecular flexibility index (Phi) is 10.3. The van der Waals surface area contributed by atoms with Crippen molar-refractivity contribution in [1.82, 2.24) is 0 Å². The summed E-state index contributed by atoms with van der Waals surface area (Å²) >= 11 is 0. The van der Waals surface area contributed by atoms with Crippen molar-refractivity contribution in [3.05, 3.63) is 24.3 Å². The number of unbranched alkanes of at least 4 members (excludes halogenated alkanes) is 3. The lowest BCUT2D eigenvalue weighted by molar-refractivity contribution is -0.137. The molecule has 1 aliphatic rings. The molecule has 1 saturated carbocycles. The van der Waals surface area contributed by atoms with Crippen LogP contribution >= 0.6 is 0 Å². The largest absolute Gasteiger partial charge is 0.481 e. The molecule has 0 saturated heterocycles. The Morgan fingerprint density at radius 1 is 1.28 bits per heavy atom. The predicted molar refractivity (Wildman–Crippen MR) is 97.1 cm³/mol. The molecule has 0 spiro atoms. The maximum atomic E-state index is 12.0. The molecule has 5 heteroatoms. The monoisotopic (exact) mass is 352 g/mol. The van der Waals surface area contributed by atoms with Crippen LogP contribution in [0.3, 0.4) is 0 Å². The minimum atomic E-state index is -0.876. The molecule has 3 N–H and O–H groups in total. The summed E-state index contributed by atoms with van der Waals surface area (Å²) < 4.78 is 0. The summed E-state index contributed by atoms with van der Waals surface area (Å²) in [6, 6.07) is 0. The summed E-state index contributed by atoms with van der Waals surface area (Å²) in [5.41, 5.74) is 0. The Morgan fingerprint density at radius 2 is 2.04 bits per heavy atom. The minimum Gasteiger partial charge on any atom is -0.481 e. The lowest BCUT2D eigenvalue weighted by atomic mass is 9.89. The van der Waals surface area contributed by atoms with Gasteiger partial charge >= 0.3 is 5.97 Å². The Balaban J connectivity index is 2.45. The van der Waals surface area contributed by atoms with E-state index >= 15 is 0 Å². The molecule has 0 aromatic rings. The van der Waals surface area contributed by atoms with Crippen LogP contribution in [0.15, 0.2) is 24.3 Å². The number of carboxylic acid groups (broad SMARTS) is 1. The molecular weight excluding hydrogens is 320 g/mol. The van der Waals surface area contributed by atoms with Gasteiger partial charge in [-0.05, 0) is 32.1 Å². The number of Topliss-reactive ketones (excluding diaryl/α,β-unsaturated/α-hetero) is 1. The van der Waals surface area contributed by atoms with Crippen molar-refractivity contribution in [2.45, 2.75) is 76.9 Å². The number of carboxylic acids is 1. The van der Waals surface area contributed by atoms with Gasteiger partial charge in [-0.25, -0.2) is 0 Å². The number of allylic oxidation sites excluding steroid dienone is 1. The molecule has 0 bridgehead atoms. The van der Waals surface area contributed by atoms with Gasteiger partial charge in [-0.1, -0.05) is 44.1 Å². The van der Waals surface area contributed by atoms with Gasteiger partial charge in [0.25, 0.3) is 0 Å². The van der Waals surface area contributed by atoms with E-state index in [2.05, 4.69) is 13.0 Å². The van der Waals surface area contributed by atoms with Crippen LogP contribution in [0.4, 0.5) is 0 Å². The molecule has 1 fully saturated rings. The van der Waals surface area contributed by atoms with Gasteiger partial charge in [-0.15, -0.1) is 0 Å². The fourth-order valence-corrected chi connectivity index (χ4v) is 3.27. The van der Waals surface area contributed by atoms with E-state index in [1.165, 1.54) is 12.8 Å². The molecule has 142 valence electrons. The van der Waals surface area contributed by atoms with Gasteiger partial charge in [0.1, 0.15) is 5.78 Å². The maximum Gasteiger partial charge on any atom is 0.303 e. The second-order valence-corrected chi connectivity index (χ2v) is 6.86. The molecule has 4 atom stereocenters. The predicted octanol–water partition coefficient (Wildman–Crippen LogP) is 3.25. The zero-order chi connectivity index (χ0) is 18.7. The smallest absolute Gasteiger partial charge is 0.303 e. The van der Waals surface area contributed by atoms with E-state index in [0.717, 1.165) is 12.8 Å². The van der Waals surface area contributed by atoms with Crippen molar-refractivity contribution in [2.75, 3.05) is 0 Å². The topological polar surface area (TPSA) is 94.8 Å². The first-order valence-electron chi connectivity index (χ1n) is 9.39. The van der Waals surface area contributed by atoms with E-state index < -0.39 is 18.2 Å². The molecule has 1 rings (SSSR count). The Bertz CT molecular complexity index is 469. The van der Waals surface area contributed by atoms with Crippen LogP contribution in [0, 0.1) is 11.8 Å². The van der Waals surface area contributed by atoms with E-state index in [9.17, 15) is 19.8 Å². The summed E-state index contributed by atoms with van der Waals surface area (Å²) in [7, 11) is 0. The van der Waals surface area contributed by atoms with Crippen LogP contribution < -0.4 is 0 Å². The number of carbonyl (C=O) groups excluding carboxylic acids is 1. The third-order valence-corrected chi connectivity index (χ3v) is 4.71. The SMILES string of the molecule is CCCCC/C=C\C[C@@H](O)/C=C/[C@@H]1[C@H](O)CC(=O)[C@H]1CCCC(=O)O. The van der Waals surface area contributed by atoms with Gasteiger partial charge < -0.3 is 15.3 Å². The minimum absolute atomic E-state index is 0.0159. The normalized spacial score (nSPS) is 25.2. The average molecular weight is 352 g/mol. The molecule has 25 heavy (non-hydrogen) atoms. The first kappa shape index (κ1) is 21.6. The number of aliphatic carboxylic acids is 1. The second-order valence-electron chi connectivity index (χ2n) is 6.86. The number of carbonyl (C=O) groups is 2. The zero-order valence-corrected chi connectivity index (χ0v) is 15.1. The van der Waals surface area contributed by atoms with Crippen molar-refractivity contribution < 1.29 is 24.9 Å². The molecule has 1 aliphatic carbocycles. The Labute approximate surface area is 150 Å². The maximum absolute atomic E-state index is 12.0. The van der Waals surface area contributed by atoms with E-state index in [0.29, 0.717) is 19.3 Å². The second kappa shape index (κ2) is 12.0.